The highest BCUT2D eigenvalue weighted by atomic mass is 16.5. The van der Waals surface area contributed by atoms with Gasteiger partial charge in [0.25, 0.3) is 0 Å². The van der Waals surface area contributed by atoms with E-state index in [9.17, 15) is 0 Å². The van der Waals surface area contributed by atoms with E-state index in [1.54, 1.807) is 0 Å². The van der Waals surface area contributed by atoms with Gasteiger partial charge in [-0.3, -0.25) is 0 Å². The van der Waals surface area contributed by atoms with E-state index in [2.05, 4.69) is 45.0 Å². The third-order valence-electron chi connectivity index (χ3n) is 2.83. The highest BCUT2D eigenvalue weighted by Gasteiger charge is 2.05. The molecule has 0 heterocycles. The number of aryl methyl sites for hydroxylation is 3. The van der Waals surface area contributed by atoms with Gasteiger partial charge in [-0.15, -0.1) is 0 Å². The van der Waals surface area contributed by atoms with Gasteiger partial charge in [0.2, 0.25) is 0 Å². The summed E-state index contributed by atoms with van der Waals surface area (Å²) in [5.41, 5.74) is 4.90. The fraction of sp³-hybridized carbons (Fsp3) is 0.333. The van der Waals surface area contributed by atoms with Crippen molar-refractivity contribution in [2.75, 3.05) is 0 Å². The number of hydrogen-bond acceptors (Lipinski definition) is 1. The van der Waals surface area contributed by atoms with Gasteiger partial charge < -0.3 is 4.74 Å². The Bertz CT molecular complexity index is 477. The third-order valence-corrected chi connectivity index (χ3v) is 2.83. The van der Waals surface area contributed by atoms with Crippen molar-refractivity contribution in [2.24, 2.45) is 0 Å². The molecule has 19 heavy (non-hydrogen) atoms. The summed E-state index contributed by atoms with van der Waals surface area (Å²) < 4.78 is 5.91. The number of ether oxygens (including phenoxy) is 1. The van der Waals surface area contributed by atoms with Crippen molar-refractivity contribution in [1.29, 1.82) is 0 Å². The molecule has 2 rings (SSSR count). The first kappa shape index (κ1) is 15.3. The van der Waals surface area contributed by atoms with Crippen LogP contribution in [0.3, 0.4) is 0 Å². The maximum Gasteiger partial charge on any atom is 0.125 e. The van der Waals surface area contributed by atoms with E-state index in [0.29, 0.717) is 6.61 Å². The molecule has 0 atom stereocenters. The first-order valence-corrected chi connectivity index (χ1v) is 6.91. The van der Waals surface area contributed by atoms with Gasteiger partial charge in [-0.05, 0) is 37.5 Å². The van der Waals surface area contributed by atoms with E-state index in [4.69, 9.17) is 4.74 Å². The lowest BCUT2D eigenvalue weighted by atomic mass is 10.1. The third kappa shape index (κ3) is 4.44. The summed E-state index contributed by atoms with van der Waals surface area (Å²) >= 11 is 0. The Morgan fingerprint density at radius 1 is 0.842 bits per heavy atom. The molecule has 0 N–H and O–H groups in total. The monoisotopic (exact) mass is 256 g/mol. The van der Waals surface area contributed by atoms with Crippen molar-refractivity contribution in [2.45, 2.75) is 41.2 Å². The summed E-state index contributed by atoms with van der Waals surface area (Å²) in [7, 11) is 0. The Labute approximate surface area is 117 Å². The predicted molar refractivity (Wildman–Crippen MR) is 82.8 cm³/mol. The van der Waals surface area contributed by atoms with Crippen LogP contribution in [0.25, 0.3) is 0 Å². The van der Waals surface area contributed by atoms with E-state index < -0.39 is 0 Å². The molecule has 0 saturated heterocycles. The Morgan fingerprint density at radius 3 is 1.89 bits per heavy atom. The summed E-state index contributed by atoms with van der Waals surface area (Å²) in [6.07, 6.45) is 0. The lowest BCUT2D eigenvalue weighted by Gasteiger charge is -2.13. The van der Waals surface area contributed by atoms with Crippen LogP contribution in [0.15, 0.2) is 42.5 Å². The van der Waals surface area contributed by atoms with Crippen LogP contribution in [0, 0.1) is 20.8 Å². The van der Waals surface area contributed by atoms with Crippen LogP contribution >= 0.6 is 0 Å². The predicted octanol–water partition coefficient (Wildman–Crippen LogP) is 5.22. The molecule has 1 nitrogen and oxygen atoms in total. The standard InChI is InChI=1S/C16H18O.C2H6/c1-12-9-13(2)16(14(3)10-12)17-11-15-7-5-4-6-8-15;1-2/h4-10H,11H2,1-3H3;1-2H3. The molecule has 0 bridgehead atoms. The number of benzene rings is 2. The molecule has 0 aromatic heterocycles. The SMILES string of the molecule is CC.Cc1cc(C)c(OCc2ccccc2)c(C)c1. The van der Waals surface area contributed by atoms with E-state index in [1.807, 2.05) is 32.0 Å². The normalized spacial score (nSPS) is 9.53. The van der Waals surface area contributed by atoms with Crippen LogP contribution in [-0.4, -0.2) is 0 Å². The largest absolute Gasteiger partial charge is 0.488 e. The van der Waals surface area contributed by atoms with Gasteiger partial charge in [0.1, 0.15) is 12.4 Å². The number of rotatable bonds is 3. The quantitative estimate of drug-likeness (QED) is 0.731. The van der Waals surface area contributed by atoms with Crippen LogP contribution in [0.4, 0.5) is 0 Å². The summed E-state index contributed by atoms with van der Waals surface area (Å²) in [5, 5.41) is 0. The molecule has 0 aliphatic heterocycles. The van der Waals surface area contributed by atoms with Crippen LogP contribution in [0.2, 0.25) is 0 Å². The first-order valence-electron chi connectivity index (χ1n) is 6.91. The van der Waals surface area contributed by atoms with Gasteiger partial charge in [0.05, 0.1) is 0 Å². The van der Waals surface area contributed by atoms with Gasteiger partial charge in [-0.25, -0.2) is 0 Å². The molecular weight excluding hydrogens is 232 g/mol. The Hall–Kier alpha value is -1.76. The van der Waals surface area contributed by atoms with Gasteiger partial charge in [0, 0.05) is 0 Å². The average molecular weight is 256 g/mol. The molecule has 0 aliphatic carbocycles. The molecule has 2 aromatic carbocycles. The molecule has 0 radical (unpaired) electrons. The van der Waals surface area contributed by atoms with Crippen molar-refractivity contribution in [3.05, 3.63) is 64.7 Å². The second kappa shape index (κ2) is 7.63. The summed E-state index contributed by atoms with van der Waals surface area (Å²) in [4.78, 5) is 0. The molecule has 0 amide bonds. The smallest absolute Gasteiger partial charge is 0.125 e. The van der Waals surface area contributed by atoms with Crippen molar-refractivity contribution < 1.29 is 4.74 Å². The molecular formula is C18H24O. The van der Waals surface area contributed by atoms with Gasteiger partial charge >= 0.3 is 0 Å². The number of hydrogen-bond donors (Lipinski definition) is 0. The van der Waals surface area contributed by atoms with Crippen molar-refractivity contribution >= 4 is 0 Å². The highest BCUT2D eigenvalue weighted by molar-refractivity contribution is 5.43. The maximum absolute atomic E-state index is 5.91. The topological polar surface area (TPSA) is 9.23 Å². The molecule has 0 aliphatic rings. The Balaban J connectivity index is 0.000000861. The van der Waals surface area contributed by atoms with Crippen LogP contribution < -0.4 is 4.74 Å². The van der Waals surface area contributed by atoms with Gasteiger partial charge in [-0.1, -0.05) is 61.9 Å². The molecule has 2 aromatic rings. The summed E-state index contributed by atoms with van der Waals surface area (Å²) in [5.74, 6) is 1.01. The van der Waals surface area contributed by atoms with Gasteiger partial charge in [0.15, 0.2) is 0 Å². The molecule has 102 valence electrons. The first-order chi connectivity index (χ1) is 9.16. The second-order valence-electron chi connectivity index (χ2n) is 4.50. The fourth-order valence-electron chi connectivity index (χ4n) is 2.12. The minimum Gasteiger partial charge on any atom is -0.488 e. The summed E-state index contributed by atoms with van der Waals surface area (Å²) in [6.45, 7) is 10.9. The summed E-state index contributed by atoms with van der Waals surface area (Å²) in [6, 6.07) is 14.6. The van der Waals surface area contributed by atoms with Crippen molar-refractivity contribution in [3.8, 4) is 5.75 Å². The van der Waals surface area contributed by atoms with Crippen LogP contribution in [-0.2, 0) is 6.61 Å². The fourth-order valence-corrected chi connectivity index (χ4v) is 2.12. The van der Waals surface area contributed by atoms with Gasteiger partial charge in [-0.2, -0.15) is 0 Å². The van der Waals surface area contributed by atoms with E-state index in [1.165, 1.54) is 22.3 Å². The lowest BCUT2D eigenvalue weighted by molar-refractivity contribution is 0.302. The van der Waals surface area contributed by atoms with Crippen molar-refractivity contribution in [1.82, 2.24) is 0 Å². The van der Waals surface area contributed by atoms with Crippen LogP contribution in [0.5, 0.6) is 5.75 Å². The minimum atomic E-state index is 0.631. The molecule has 0 spiro atoms. The van der Waals surface area contributed by atoms with E-state index >= 15 is 0 Å². The minimum absolute atomic E-state index is 0.631. The van der Waals surface area contributed by atoms with Crippen LogP contribution in [0.1, 0.15) is 36.1 Å². The Morgan fingerprint density at radius 2 is 1.37 bits per heavy atom. The molecule has 0 saturated carbocycles. The van der Waals surface area contributed by atoms with Crippen molar-refractivity contribution in [3.63, 3.8) is 0 Å². The maximum atomic E-state index is 5.91. The Kier molecular flexibility index (Phi) is 6.14. The average Bonchev–Trinajstić information content (AvgIpc) is 2.41. The zero-order valence-corrected chi connectivity index (χ0v) is 12.7. The zero-order chi connectivity index (χ0) is 14.3. The zero-order valence-electron chi connectivity index (χ0n) is 12.7. The lowest BCUT2D eigenvalue weighted by Crippen LogP contribution is -1.99. The molecule has 0 fully saturated rings. The second-order valence-corrected chi connectivity index (χ2v) is 4.50. The molecule has 1 heteroatoms. The van der Waals surface area contributed by atoms with E-state index in [-0.39, 0.29) is 0 Å². The molecule has 0 unspecified atom stereocenters. The van der Waals surface area contributed by atoms with E-state index in [0.717, 1.165) is 5.75 Å². The highest BCUT2D eigenvalue weighted by Crippen LogP contribution is 2.25.